The Labute approximate surface area is 182 Å². The van der Waals surface area contributed by atoms with E-state index < -0.39 is 5.97 Å². The fourth-order valence-corrected chi connectivity index (χ4v) is 4.74. The Bertz CT molecular complexity index is 944. The zero-order valence-corrected chi connectivity index (χ0v) is 18.4. The van der Waals surface area contributed by atoms with Gasteiger partial charge in [-0.2, -0.15) is 0 Å². The molecule has 0 unspecified atom stereocenters. The molecular formula is C24H28ClNO2S. The van der Waals surface area contributed by atoms with Crippen LogP contribution in [0.25, 0.3) is 11.3 Å². The van der Waals surface area contributed by atoms with Gasteiger partial charge in [-0.3, -0.25) is 0 Å². The van der Waals surface area contributed by atoms with Crippen LogP contribution >= 0.6 is 22.9 Å². The van der Waals surface area contributed by atoms with Gasteiger partial charge in [0.2, 0.25) is 0 Å². The smallest absolute Gasteiger partial charge is 0.345 e. The maximum absolute atomic E-state index is 11.0. The van der Waals surface area contributed by atoms with E-state index in [0.717, 1.165) is 41.3 Å². The third kappa shape index (κ3) is 5.97. The van der Waals surface area contributed by atoms with Crippen molar-refractivity contribution in [3.63, 3.8) is 0 Å². The van der Waals surface area contributed by atoms with Crippen molar-refractivity contribution in [2.24, 2.45) is 0 Å². The van der Waals surface area contributed by atoms with Crippen molar-refractivity contribution in [2.45, 2.75) is 58.4 Å². The molecule has 0 atom stereocenters. The summed E-state index contributed by atoms with van der Waals surface area (Å²) >= 11 is 7.93. The molecule has 3 rings (SSSR count). The van der Waals surface area contributed by atoms with E-state index in [-0.39, 0.29) is 0 Å². The van der Waals surface area contributed by atoms with Crippen LogP contribution in [0.1, 0.15) is 59.1 Å². The van der Waals surface area contributed by atoms with Crippen molar-refractivity contribution in [1.82, 2.24) is 4.57 Å². The lowest BCUT2D eigenvalue weighted by Gasteiger charge is -2.11. The summed E-state index contributed by atoms with van der Waals surface area (Å²) in [4.78, 5) is 12.5. The second-order valence-corrected chi connectivity index (χ2v) is 8.95. The second-order valence-electron chi connectivity index (χ2n) is 7.38. The Balaban J connectivity index is 1.60. The van der Waals surface area contributed by atoms with E-state index in [4.69, 9.17) is 16.7 Å². The summed E-state index contributed by atoms with van der Waals surface area (Å²) in [5.41, 5.74) is 3.54. The number of unbranched alkanes of at least 4 members (excludes halogenated alkanes) is 3. The molecule has 0 radical (unpaired) electrons. The molecular weight excluding hydrogens is 402 g/mol. The number of thiophene rings is 1. The lowest BCUT2D eigenvalue weighted by Crippen LogP contribution is -2.00. The van der Waals surface area contributed by atoms with Gasteiger partial charge in [0.05, 0.1) is 0 Å². The molecule has 0 amide bonds. The highest BCUT2D eigenvalue weighted by molar-refractivity contribution is 7.13. The number of nitrogens with zero attached hydrogens (tertiary/aromatic N) is 1. The van der Waals surface area contributed by atoms with E-state index in [1.54, 1.807) is 6.07 Å². The predicted octanol–water partition coefficient (Wildman–Crippen LogP) is 7.32. The molecule has 0 bridgehead atoms. The van der Waals surface area contributed by atoms with Gasteiger partial charge < -0.3 is 9.67 Å². The lowest BCUT2D eigenvalue weighted by molar-refractivity contribution is 0.0702. The summed E-state index contributed by atoms with van der Waals surface area (Å²) in [5, 5.41) is 9.90. The van der Waals surface area contributed by atoms with Crippen LogP contribution in [-0.2, 0) is 19.4 Å². The van der Waals surface area contributed by atoms with Gasteiger partial charge in [0.15, 0.2) is 0 Å². The van der Waals surface area contributed by atoms with Crippen molar-refractivity contribution in [1.29, 1.82) is 0 Å². The Morgan fingerprint density at radius 2 is 1.93 bits per heavy atom. The van der Waals surface area contributed by atoms with E-state index in [2.05, 4.69) is 48.0 Å². The van der Waals surface area contributed by atoms with Crippen LogP contribution in [0.2, 0.25) is 5.02 Å². The highest BCUT2D eigenvalue weighted by atomic mass is 35.5. The molecule has 0 fully saturated rings. The number of rotatable bonds is 11. The standard InChI is InChI=1S/C24H28ClNO2S/c1-2-3-4-5-8-18-11-12-19(17-21(18)25)22-10-7-16-26(22)15-6-9-20-13-14-23(29-20)24(27)28/h7,10-14,16-17H,2-6,8-9,15H2,1H3,(H,27,28). The average molecular weight is 430 g/mol. The number of aryl methyl sites for hydroxylation is 3. The molecule has 0 aliphatic carbocycles. The SMILES string of the molecule is CCCCCCc1ccc(-c2cccn2CCCc2ccc(C(=O)O)s2)cc1Cl. The van der Waals surface area contributed by atoms with Gasteiger partial charge >= 0.3 is 5.97 Å². The van der Waals surface area contributed by atoms with Gasteiger partial charge in [0.1, 0.15) is 4.88 Å². The molecule has 2 heterocycles. The van der Waals surface area contributed by atoms with Crippen molar-refractivity contribution >= 4 is 28.9 Å². The highest BCUT2D eigenvalue weighted by Crippen LogP contribution is 2.28. The summed E-state index contributed by atoms with van der Waals surface area (Å²) in [6.45, 7) is 3.11. The molecule has 0 aliphatic rings. The van der Waals surface area contributed by atoms with Gasteiger partial charge in [0, 0.05) is 28.3 Å². The van der Waals surface area contributed by atoms with Crippen LogP contribution in [-0.4, -0.2) is 15.6 Å². The summed E-state index contributed by atoms with van der Waals surface area (Å²) < 4.78 is 2.25. The number of carbonyl (C=O) groups is 1. The molecule has 5 heteroatoms. The molecule has 0 saturated carbocycles. The summed E-state index contributed by atoms with van der Waals surface area (Å²) in [6, 6.07) is 14.2. The first-order chi connectivity index (χ1) is 14.1. The van der Waals surface area contributed by atoms with E-state index in [1.807, 2.05) is 6.07 Å². The van der Waals surface area contributed by atoms with E-state index in [9.17, 15) is 4.79 Å². The zero-order valence-electron chi connectivity index (χ0n) is 16.9. The number of aromatic carboxylic acids is 1. The maximum atomic E-state index is 11.0. The Kier molecular flexibility index (Phi) is 7.96. The van der Waals surface area contributed by atoms with Gasteiger partial charge in [-0.05, 0) is 67.1 Å². The van der Waals surface area contributed by atoms with Crippen molar-refractivity contribution in [3.8, 4) is 11.3 Å². The molecule has 154 valence electrons. The van der Waals surface area contributed by atoms with Crippen LogP contribution in [0.4, 0.5) is 0 Å². The van der Waals surface area contributed by atoms with Gasteiger partial charge in [-0.15, -0.1) is 11.3 Å². The Hall–Kier alpha value is -2.04. The van der Waals surface area contributed by atoms with E-state index in [0.29, 0.717) is 4.88 Å². The average Bonchev–Trinajstić information content (AvgIpc) is 3.36. The molecule has 3 nitrogen and oxygen atoms in total. The molecule has 1 N–H and O–H groups in total. The fraction of sp³-hybridized carbons (Fsp3) is 0.375. The Morgan fingerprint density at radius 1 is 1.07 bits per heavy atom. The minimum absolute atomic E-state index is 0.408. The number of hydrogen-bond acceptors (Lipinski definition) is 2. The monoisotopic (exact) mass is 429 g/mol. The molecule has 0 saturated heterocycles. The quantitative estimate of drug-likeness (QED) is 0.324. The van der Waals surface area contributed by atoms with E-state index >= 15 is 0 Å². The normalized spacial score (nSPS) is 11.1. The van der Waals surface area contributed by atoms with Crippen LogP contribution in [0, 0.1) is 0 Å². The maximum Gasteiger partial charge on any atom is 0.345 e. The second kappa shape index (κ2) is 10.7. The number of benzene rings is 1. The van der Waals surface area contributed by atoms with Gasteiger partial charge in [-0.25, -0.2) is 4.79 Å². The highest BCUT2D eigenvalue weighted by Gasteiger charge is 2.09. The van der Waals surface area contributed by atoms with Crippen LogP contribution in [0.3, 0.4) is 0 Å². The summed E-state index contributed by atoms with van der Waals surface area (Å²) in [6.07, 6.45) is 9.96. The first-order valence-electron chi connectivity index (χ1n) is 10.3. The van der Waals surface area contributed by atoms with Crippen molar-refractivity contribution in [2.75, 3.05) is 0 Å². The minimum Gasteiger partial charge on any atom is -0.477 e. The predicted molar refractivity (Wildman–Crippen MR) is 122 cm³/mol. The fourth-order valence-electron chi connectivity index (χ4n) is 3.57. The number of halogens is 1. The van der Waals surface area contributed by atoms with Crippen molar-refractivity contribution < 1.29 is 9.90 Å². The van der Waals surface area contributed by atoms with Crippen molar-refractivity contribution in [3.05, 3.63) is 69.0 Å². The van der Waals surface area contributed by atoms with E-state index in [1.165, 1.54) is 48.3 Å². The molecule has 0 aliphatic heterocycles. The summed E-state index contributed by atoms with van der Waals surface area (Å²) in [7, 11) is 0. The topological polar surface area (TPSA) is 42.2 Å². The number of carboxylic acids is 1. The lowest BCUT2D eigenvalue weighted by atomic mass is 10.0. The van der Waals surface area contributed by atoms with Crippen LogP contribution in [0.5, 0.6) is 0 Å². The van der Waals surface area contributed by atoms with Crippen LogP contribution < -0.4 is 0 Å². The molecule has 2 aromatic heterocycles. The van der Waals surface area contributed by atoms with Gasteiger partial charge in [-0.1, -0.05) is 49.9 Å². The largest absolute Gasteiger partial charge is 0.477 e. The summed E-state index contributed by atoms with van der Waals surface area (Å²) in [5.74, 6) is -0.848. The first kappa shape index (κ1) is 21.7. The Morgan fingerprint density at radius 3 is 2.66 bits per heavy atom. The van der Waals surface area contributed by atoms with Gasteiger partial charge in [0.25, 0.3) is 0 Å². The number of carboxylic acid groups (broad SMARTS) is 1. The molecule has 3 aromatic rings. The zero-order chi connectivity index (χ0) is 20.6. The minimum atomic E-state index is -0.848. The van der Waals surface area contributed by atoms with Crippen LogP contribution in [0.15, 0.2) is 48.7 Å². The molecule has 0 spiro atoms. The first-order valence-corrected chi connectivity index (χ1v) is 11.5. The molecule has 1 aromatic carbocycles. The number of aromatic nitrogens is 1. The number of hydrogen-bond donors (Lipinski definition) is 1. The third-order valence-electron chi connectivity index (χ3n) is 5.17. The third-order valence-corrected chi connectivity index (χ3v) is 6.66. The molecule has 29 heavy (non-hydrogen) atoms.